The molecule has 3 nitrogen and oxygen atoms in total. The lowest BCUT2D eigenvalue weighted by molar-refractivity contribution is -0.0230. The zero-order valence-corrected chi connectivity index (χ0v) is 12.1. The summed E-state index contributed by atoms with van der Waals surface area (Å²) in [5.74, 6) is 1.51. The van der Waals surface area contributed by atoms with Crippen LogP contribution in [-0.2, 0) is 11.2 Å². The first-order chi connectivity index (χ1) is 9.24. The van der Waals surface area contributed by atoms with Crippen LogP contribution in [-0.4, -0.2) is 44.4 Å². The molecule has 0 bridgehead atoms. The Hall–Kier alpha value is -1.06. The lowest BCUT2D eigenvalue weighted by atomic mass is 9.79. The normalized spacial score (nSPS) is 30.4. The van der Waals surface area contributed by atoms with Crippen molar-refractivity contribution in [1.29, 1.82) is 0 Å². The third kappa shape index (κ3) is 2.15. The zero-order chi connectivity index (χ0) is 13.4. The van der Waals surface area contributed by atoms with Gasteiger partial charge in [-0.05, 0) is 31.5 Å². The van der Waals surface area contributed by atoms with Crippen molar-refractivity contribution in [3.05, 3.63) is 29.3 Å². The third-order valence-electron chi connectivity index (χ3n) is 4.71. The number of ether oxygens (including phenoxy) is 2. The van der Waals surface area contributed by atoms with Gasteiger partial charge in [-0.1, -0.05) is 19.1 Å². The first-order valence-electron chi connectivity index (χ1n) is 7.23. The highest BCUT2D eigenvalue weighted by atomic mass is 16.5. The van der Waals surface area contributed by atoms with Crippen LogP contribution in [0.3, 0.4) is 0 Å². The molecule has 1 unspecified atom stereocenters. The third-order valence-corrected chi connectivity index (χ3v) is 4.71. The molecule has 19 heavy (non-hydrogen) atoms. The number of rotatable bonds is 2. The van der Waals surface area contributed by atoms with E-state index in [0.717, 1.165) is 31.7 Å². The summed E-state index contributed by atoms with van der Waals surface area (Å²) in [6.45, 7) is 4.05. The average molecular weight is 261 g/mol. The molecule has 0 radical (unpaired) electrons. The lowest BCUT2D eigenvalue weighted by Crippen LogP contribution is -2.53. The van der Waals surface area contributed by atoms with Crippen molar-refractivity contribution < 1.29 is 9.47 Å². The van der Waals surface area contributed by atoms with Crippen LogP contribution >= 0.6 is 0 Å². The number of aryl methyl sites for hydroxylation is 1. The highest BCUT2D eigenvalue weighted by Crippen LogP contribution is 2.42. The maximum absolute atomic E-state index is 6.00. The van der Waals surface area contributed by atoms with Crippen molar-refractivity contribution >= 4 is 0 Å². The Kier molecular flexibility index (Phi) is 3.50. The molecule has 1 fully saturated rings. The standard InChI is InChI=1S/C16H23NO2/c1-4-11-5-6-12-15(9-11)19-10-13-16(12)14(18-3)7-8-17(13)2/h5-6,9,13-14,16H,4,7-8,10H2,1-3H3/t13-,14?,16-/m0/s1. The van der Waals surface area contributed by atoms with E-state index in [4.69, 9.17) is 9.47 Å². The van der Waals surface area contributed by atoms with Gasteiger partial charge in [-0.3, -0.25) is 4.90 Å². The van der Waals surface area contributed by atoms with Gasteiger partial charge in [-0.15, -0.1) is 0 Å². The second-order valence-electron chi connectivity index (χ2n) is 5.67. The molecule has 3 heteroatoms. The Morgan fingerprint density at radius 2 is 2.26 bits per heavy atom. The van der Waals surface area contributed by atoms with Gasteiger partial charge in [0.15, 0.2) is 0 Å². The quantitative estimate of drug-likeness (QED) is 0.816. The van der Waals surface area contributed by atoms with Crippen LogP contribution in [0.25, 0.3) is 0 Å². The number of likely N-dealkylation sites (N-methyl/N-ethyl adjacent to an activating group) is 1. The predicted molar refractivity (Wildman–Crippen MR) is 75.9 cm³/mol. The van der Waals surface area contributed by atoms with Crippen molar-refractivity contribution in [2.45, 2.75) is 37.8 Å². The second-order valence-corrected chi connectivity index (χ2v) is 5.67. The molecular formula is C16H23NO2. The zero-order valence-electron chi connectivity index (χ0n) is 12.1. The molecule has 3 rings (SSSR count). The number of likely N-dealkylation sites (tertiary alicyclic amines) is 1. The number of piperidine rings is 1. The molecule has 0 amide bonds. The number of fused-ring (bicyclic) bond motifs is 3. The van der Waals surface area contributed by atoms with Crippen molar-refractivity contribution in [3.8, 4) is 5.75 Å². The van der Waals surface area contributed by atoms with Gasteiger partial charge in [0, 0.05) is 25.1 Å². The largest absolute Gasteiger partial charge is 0.492 e. The predicted octanol–water partition coefficient (Wildman–Crippen LogP) is 2.44. The Morgan fingerprint density at radius 3 is 3.00 bits per heavy atom. The van der Waals surface area contributed by atoms with E-state index < -0.39 is 0 Å². The molecule has 0 aliphatic carbocycles. The fourth-order valence-corrected chi connectivity index (χ4v) is 3.48. The minimum absolute atomic E-state index is 0.316. The van der Waals surface area contributed by atoms with Crippen LogP contribution in [0.5, 0.6) is 5.75 Å². The summed E-state index contributed by atoms with van der Waals surface area (Å²) in [5, 5.41) is 0. The summed E-state index contributed by atoms with van der Waals surface area (Å²) >= 11 is 0. The minimum Gasteiger partial charge on any atom is -0.492 e. The van der Waals surface area contributed by atoms with E-state index >= 15 is 0 Å². The van der Waals surface area contributed by atoms with Crippen LogP contribution in [0, 0.1) is 0 Å². The molecule has 1 aromatic carbocycles. The number of hydrogen-bond donors (Lipinski definition) is 0. The fraction of sp³-hybridized carbons (Fsp3) is 0.625. The van der Waals surface area contributed by atoms with Gasteiger partial charge in [0.25, 0.3) is 0 Å². The first kappa shape index (κ1) is 12.9. The number of hydrogen-bond acceptors (Lipinski definition) is 3. The molecule has 2 aliphatic heterocycles. The molecule has 3 atom stereocenters. The monoisotopic (exact) mass is 261 g/mol. The smallest absolute Gasteiger partial charge is 0.123 e. The van der Waals surface area contributed by atoms with E-state index in [2.05, 4.69) is 37.1 Å². The van der Waals surface area contributed by atoms with Crippen molar-refractivity contribution in [2.75, 3.05) is 27.3 Å². The van der Waals surface area contributed by atoms with E-state index in [9.17, 15) is 0 Å². The summed E-state index contributed by atoms with van der Waals surface area (Å²) in [4.78, 5) is 2.41. The van der Waals surface area contributed by atoms with Gasteiger partial charge in [0.05, 0.1) is 12.1 Å². The molecule has 0 N–H and O–H groups in total. The van der Waals surface area contributed by atoms with Crippen molar-refractivity contribution in [2.24, 2.45) is 0 Å². The Labute approximate surface area is 115 Å². The van der Waals surface area contributed by atoms with E-state index in [1.165, 1.54) is 11.1 Å². The number of benzene rings is 1. The van der Waals surface area contributed by atoms with Crippen LogP contribution < -0.4 is 4.74 Å². The average Bonchev–Trinajstić information content (AvgIpc) is 2.46. The SMILES string of the molecule is CCc1ccc2c(c1)OC[C@H]1[C@H]2C(OC)CCN1C. The first-order valence-corrected chi connectivity index (χ1v) is 7.23. The lowest BCUT2D eigenvalue weighted by Gasteiger charge is -2.46. The minimum atomic E-state index is 0.316. The topological polar surface area (TPSA) is 21.7 Å². The van der Waals surface area contributed by atoms with Crippen molar-refractivity contribution in [1.82, 2.24) is 4.90 Å². The maximum Gasteiger partial charge on any atom is 0.123 e. The van der Waals surface area contributed by atoms with Gasteiger partial charge in [0.1, 0.15) is 12.4 Å². The fourth-order valence-electron chi connectivity index (χ4n) is 3.48. The van der Waals surface area contributed by atoms with Crippen LogP contribution in [0.4, 0.5) is 0 Å². The molecule has 0 spiro atoms. The Bertz CT molecular complexity index is 460. The van der Waals surface area contributed by atoms with Crippen molar-refractivity contribution in [3.63, 3.8) is 0 Å². The molecule has 0 aromatic heterocycles. The number of methoxy groups -OCH3 is 1. The van der Waals surface area contributed by atoms with Gasteiger partial charge >= 0.3 is 0 Å². The molecular weight excluding hydrogens is 238 g/mol. The summed E-state index contributed by atoms with van der Waals surface area (Å²) in [5.41, 5.74) is 2.67. The molecule has 1 aromatic rings. The van der Waals surface area contributed by atoms with E-state index in [-0.39, 0.29) is 0 Å². The Morgan fingerprint density at radius 1 is 1.42 bits per heavy atom. The van der Waals surface area contributed by atoms with E-state index in [1.54, 1.807) is 0 Å². The van der Waals surface area contributed by atoms with Gasteiger partial charge in [-0.2, -0.15) is 0 Å². The Balaban J connectivity index is 2.00. The second kappa shape index (κ2) is 5.14. The molecule has 1 saturated heterocycles. The summed E-state index contributed by atoms with van der Waals surface area (Å²) < 4.78 is 11.7. The highest BCUT2D eigenvalue weighted by Gasteiger charge is 2.42. The highest BCUT2D eigenvalue weighted by molar-refractivity contribution is 5.43. The summed E-state index contributed by atoms with van der Waals surface area (Å²) in [7, 11) is 4.03. The molecule has 104 valence electrons. The van der Waals surface area contributed by atoms with Crippen LogP contribution in [0.15, 0.2) is 18.2 Å². The summed E-state index contributed by atoms with van der Waals surface area (Å²) in [6, 6.07) is 7.12. The van der Waals surface area contributed by atoms with Crippen LogP contribution in [0.2, 0.25) is 0 Å². The van der Waals surface area contributed by atoms with Crippen LogP contribution in [0.1, 0.15) is 30.4 Å². The van der Waals surface area contributed by atoms with E-state index in [0.29, 0.717) is 18.1 Å². The van der Waals surface area contributed by atoms with E-state index in [1.807, 2.05) is 7.11 Å². The van der Waals surface area contributed by atoms with Gasteiger partial charge < -0.3 is 9.47 Å². The number of nitrogens with zero attached hydrogens (tertiary/aromatic N) is 1. The molecule has 2 heterocycles. The molecule has 2 aliphatic rings. The maximum atomic E-state index is 6.00. The van der Waals surface area contributed by atoms with Gasteiger partial charge in [-0.25, -0.2) is 0 Å². The van der Waals surface area contributed by atoms with Gasteiger partial charge in [0.2, 0.25) is 0 Å². The summed E-state index contributed by atoms with van der Waals surface area (Å²) in [6.07, 6.45) is 2.47. The molecule has 0 saturated carbocycles.